The number of nitrogens with zero attached hydrogens (tertiary/aromatic N) is 4. The number of furan rings is 1. The second-order valence-electron chi connectivity index (χ2n) is 6.88. The summed E-state index contributed by atoms with van der Waals surface area (Å²) in [5, 5.41) is 11.5. The minimum Gasteiger partial charge on any atom is -0.459 e. The van der Waals surface area contributed by atoms with Gasteiger partial charge in [-0.15, -0.1) is 5.10 Å². The second kappa shape index (κ2) is 8.23. The summed E-state index contributed by atoms with van der Waals surface area (Å²) in [4.78, 5) is 24.8. The summed E-state index contributed by atoms with van der Waals surface area (Å²) in [5.41, 5.74) is 2.39. The predicted octanol–water partition coefficient (Wildman–Crippen LogP) is 3.59. The van der Waals surface area contributed by atoms with Crippen molar-refractivity contribution in [3.8, 4) is 28.6 Å². The van der Waals surface area contributed by atoms with Gasteiger partial charge >= 0.3 is 5.76 Å². The van der Waals surface area contributed by atoms with E-state index in [4.69, 9.17) is 8.83 Å². The van der Waals surface area contributed by atoms with E-state index < -0.39 is 11.7 Å². The Morgan fingerprint density at radius 1 is 0.938 bits per heavy atom. The lowest BCUT2D eigenvalue weighted by molar-refractivity contribution is -0.117. The summed E-state index contributed by atoms with van der Waals surface area (Å²) in [6.45, 7) is -0.330. The van der Waals surface area contributed by atoms with Gasteiger partial charge in [-0.1, -0.05) is 48.5 Å². The highest BCUT2D eigenvalue weighted by Gasteiger charge is 2.17. The summed E-state index contributed by atoms with van der Waals surface area (Å²) < 4.78 is 12.8. The molecule has 0 aliphatic heterocycles. The Bertz CT molecular complexity index is 1400. The molecule has 9 heteroatoms. The number of hydrogen-bond donors (Lipinski definition) is 1. The largest absolute Gasteiger partial charge is 0.459 e. The smallest absolute Gasteiger partial charge is 0.437 e. The Morgan fingerprint density at radius 3 is 2.41 bits per heavy atom. The van der Waals surface area contributed by atoms with Crippen LogP contribution in [0.5, 0.6) is 0 Å². The van der Waals surface area contributed by atoms with Crippen molar-refractivity contribution in [2.24, 2.45) is 0 Å². The summed E-state index contributed by atoms with van der Waals surface area (Å²) in [6, 6.07) is 24.1. The van der Waals surface area contributed by atoms with Gasteiger partial charge in [0.2, 0.25) is 5.91 Å². The lowest BCUT2D eigenvalue weighted by atomic mass is 10.2. The third-order valence-electron chi connectivity index (χ3n) is 4.68. The molecule has 3 heterocycles. The number of anilines is 1. The fourth-order valence-electron chi connectivity index (χ4n) is 3.21. The standard InChI is InChI=1S/C23H17N5O4/c29-21(15-27-23(30)32-22(26-27)19-12-7-13-31-19)24-20-14-18(16-8-3-1-4-9-16)25-28(20)17-10-5-2-6-11-17/h1-14H,15H2,(H,24,29). The predicted molar refractivity (Wildman–Crippen MR) is 116 cm³/mol. The average Bonchev–Trinajstić information content (AvgIpc) is 3.56. The monoisotopic (exact) mass is 427 g/mol. The molecule has 2 aromatic carbocycles. The maximum Gasteiger partial charge on any atom is 0.437 e. The van der Waals surface area contributed by atoms with Crippen LogP contribution >= 0.6 is 0 Å². The molecule has 0 unspecified atom stereocenters. The van der Waals surface area contributed by atoms with Gasteiger partial charge in [0, 0.05) is 11.6 Å². The van der Waals surface area contributed by atoms with Crippen LogP contribution in [0.3, 0.4) is 0 Å². The van der Waals surface area contributed by atoms with Gasteiger partial charge in [0.05, 0.1) is 17.6 Å². The Hall–Kier alpha value is -4.66. The zero-order valence-electron chi connectivity index (χ0n) is 16.7. The SMILES string of the molecule is O=C(Cn1nc(-c2ccco2)oc1=O)Nc1cc(-c2ccccc2)nn1-c1ccccc1. The van der Waals surface area contributed by atoms with Gasteiger partial charge in [-0.25, -0.2) is 9.48 Å². The van der Waals surface area contributed by atoms with Gasteiger partial charge in [0.25, 0.3) is 5.89 Å². The highest BCUT2D eigenvalue weighted by molar-refractivity contribution is 5.90. The van der Waals surface area contributed by atoms with Crippen molar-refractivity contribution in [3.63, 3.8) is 0 Å². The van der Waals surface area contributed by atoms with Crippen LogP contribution in [0.1, 0.15) is 0 Å². The molecule has 5 aromatic rings. The van der Waals surface area contributed by atoms with Crippen molar-refractivity contribution < 1.29 is 13.6 Å². The Morgan fingerprint density at radius 2 is 1.69 bits per heavy atom. The Labute approximate surface area is 181 Å². The van der Waals surface area contributed by atoms with Crippen molar-refractivity contribution in [1.82, 2.24) is 19.6 Å². The number of carbonyl (C=O) groups is 1. The molecule has 0 fully saturated rings. The van der Waals surface area contributed by atoms with Gasteiger partial charge in [-0.2, -0.15) is 9.78 Å². The minimum absolute atomic E-state index is 0.00786. The fraction of sp³-hybridized carbons (Fsp3) is 0.0435. The van der Waals surface area contributed by atoms with Crippen molar-refractivity contribution in [2.75, 3.05) is 5.32 Å². The molecule has 32 heavy (non-hydrogen) atoms. The van der Waals surface area contributed by atoms with Crippen LogP contribution in [0.25, 0.3) is 28.6 Å². The first-order valence-corrected chi connectivity index (χ1v) is 9.80. The molecule has 0 spiro atoms. The van der Waals surface area contributed by atoms with Crippen molar-refractivity contribution in [2.45, 2.75) is 6.54 Å². The molecule has 0 atom stereocenters. The molecular weight excluding hydrogens is 410 g/mol. The van der Waals surface area contributed by atoms with E-state index in [9.17, 15) is 9.59 Å². The summed E-state index contributed by atoms with van der Waals surface area (Å²) in [7, 11) is 0. The number of nitrogens with one attached hydrogen (secondary N) is 1. The fourth-order valence-corrected chi connectivity index (χ4v) is 3.21. The van der Waals surface area contributed by atoms with Crippen molar-refractivity contribution >= 4 is 11.7 Å². The van der Waals surface area contributed by atoms with Gasteiger partial charge < -0.3 is 14.2 Å². The number of aromatic nitrogens is 4. The van der Waals surface area contributed by atoms with Gasteiger partial charge in [0.15, 0.2) is 5.76 Å². The highest BCUT2D eigenvalue weighted by Crippen LogP contribution is 2.24. The normalized spacial score (nSPS) is 10.9. The van der Waals surface area contributed by atoms with Gasteiger partial charge in [0.1, 0.15) is 12.4 Å². The Kier molecular flexibility index (Phi) is 4.97. The first-order chi connectivity index (χ1) is 15.7. The molecule has 0 saturated carbocycles. The molecule has 9 nitrogen and oxygen atoms in total. The number of amides is 1. The second-order valence-corrected chi connectivity index (χ2v) is 6.88. The van der Waals surface area contributed by atoms with E-state index in [0.29, 0.717) is 17.3 Å². The number of hydrogen-bond acceptors (Lipinski definition) is 6. The molecule has 3 aromatic heterocycles. The van der Waals surface area contributed by atoms with E-state index >= 15 is 0 Å². The van der Waals surface area contributed by atoms with Crippen LogP contribution in [0.15, 0.2) is 98.8 Å². The summed E-state index contributed by atoms with van der Waals surface area (Å²) >= 11 is 0. The van der Waals surface area contributed by atoms with E-state index in [1.165, 1.54) is 6.26 Å². The lowest BCUT2D eigenvalue weighted by Gasteiger charge is -2.08. The van der Waals surface area contributed by atoms with Crippen LogP contribution in [-0.2, 0) is 11.3 Å². The van der Waals surface area contributed by atoms with Crippen LogP contribution in [0.4, 0.5) is 5.82 Å². The van der Waals surface area contributed by atoms with E-state index in [0.717, 1.165) is 15.9 Å². The number of carbonyl (C=O) groups excluding carboxylic acids is 1. The van der Waals surface area contributed by atoms with Crippen LogP contribution in [0.2, 0.25) is 0 Å². The summed E-state index contributed by atoms with van der Waals surface area (Å²) in [5.74, 6) is -0.441. The van der Waals surface area contributed by atoms with E-state index in [1.807, 2.05) is 60.7 Å². The Balaban J connectivity index is 1.43. The van der Waals surface area contributed by atoms with E-state index in [2.05, 4.69) is 15.5 Å². The molecular formula is C23H17N5O4. The molecule has 5 rings (SSSR count). The first kappa shape index (κ1) is 19.3. The van der Waals surface area contributed by atoms with Crippen LogP contribution < -0.4 is 11.1 Å². The molecule has 1 N–H and O–H groups in total. The molecule has 0 aliphatic rings. The van der Waals surface area contributed by atoms with Gasteiger partial charge in [-0.3, -0.25) is 4.79 Å². The van der Waals surface area contributed by atoms with Crippen molar-refractivity contribution in [3.05, 3.63) is 95.7 Å². The minimum atomic E-state index is -0.756. The molecule has 0 radical (unpaired) electrons. The zero-order valence-corrected chi connectivity index (χ0v) is 16.7. The lowest BCUT2D eigenvalue weighted by Crippen LogP contribution is -2.26. The van der Waals surface area contributed by atoms with E-state index in [1.54, 1.807) is 22.9 Å². The maximum absolute atomic E-state index is 12.7. The number of rotatable bonds is 6. The van der Waals surface area contributed by atoms with Crippen molar-refractivity contribution in [1.29, 1.82) is 0 Å². The topological polar surface area (TPSA) is 108 Å². The van der Waals surface area contributed by atoms with Gasteiger partial charge in [-0.05, 0) is 24.3 Å². The van der Waals surface area contributed by atoms with Crippen LogP contribution in [0, 0.1) is 0 Å². The molecule has 0 bridgehead atoms. The molecule has 1 amide bonds. The van der Waals surface area contributed by atoms with E-state index in [-0.39, 0.29) is 12.4 Å². The number of para-hydroxylation sites is 1. The third-order valence-corrected chi connectivity index (χ3v) is 4.68. The quantitative estimate of drug-likeness (QED) is 0.444. The summed E-state index contributed by atoms with van der Waals surface area (Å²) in [6.07, 6.45) is 1.44. The van der Waals surface area contributed by atoms with Crippen LogP contribution in [-0.4, -0.2) is 25.5 Å². The highest BCUT2D eigenvalue weighted by atomic mass is 16.4. The maximum atomic E-state index is 12.7. The molecule has 0 aliphatic carbocycles. The average molecular weight is 427 g/mol. The number of benzene rings is 2. The third kappa shape index (κ3) is 3.86. The molecule has 0 saturated heterocycles. The first-order valence-electron chi connectivity index (χ1n) is 9.80. The molecule has 158 valence electrons. The zero-order chi connectivity index (χ0) is 21.9.